The number of nitriles is 1. The Morgan fingerprint density at radius 1 is 0.971 bits per heavy atom. The van der Waals surface area contributed by atoms with Gasteiger partial charge in [-0.1, -0.05) is 36.4 Å². The highest BCUT2D eigenvalue weighted by Crippen LogP contribution is 2.38. The first-order valence-electron chi connectivity index (χ1n) is 10.2. The smallest absolute Gasteiger partial charge is 0.290 e. The minimum absolute atomic E-state index is 0.0925. The minimum Gasteiger partial charge on any atom is -0.497 e. The van der Waals surface area contributed by atoms with Crippen molar-refractivity contribution in [3.05, 3.63) is 95.5 Å². The van der Waals surface area contributed by atoms with Crippen molar-refractivity contribution in [1.29, 1.82) is 5.26 Å². The van der Waals surface area contributed by atoms with Gasteiger partial charge in [0.25, 0.3) is 11.8 Å². The molecule has 0 aliphatic carbocycles. The summed E-state index contributed by atoms with van der Waals surface area (Å²) in [4.78, 5) is 27.6. The van der Waals surface area contributed by atoms with E-state index in [2.05, 4.69) is 15.8 Å². The molecule has 9 heteroatoms. The Hall–Kier alpha value is -4.55. The van der Waals surface area contributed by atoms with Gasteiger partial charge in [-0.15, -0.1) is 0 Å². The molecule has 4 rings (SSSR count). The number of anilines is 3. The molecule has 1 fully saturated rings. The molecule has 0 unspecified atom stereocenters. The molecular formula is C25H19N5O3S. The van der Waals surface area contributed by atoms with Crippen LogP contribution in [0.2, 0.25) is 0 Å². The molecule has 0 saturated carbocycles. The summed E-state index contributed by atoms with van der Waals surface area (Å²) >= 11 is 0.956. The van der Waals surface area contributed by atoms with E-state index in [1.807, 2.05) is 18.2 Å². The second-order valence-corrected chi connectivity index (χ2v) is 7.93. The fraction of sp³-hybridized carbons (Fsp3) is 0.0400. The lowest BCUT2D eigenvalue weighted by Gasteiger charge is -2.17. The van der Waals surface area contributed by atoms with Gasteiger partial charge in [0, 0.05) is 11.4 Å². The monoisotopic (exact) mass is 469 g/mol. The van der Waals surface area contributed by atoms with Crippen LogP contribution in [0.1, 0.15) is 0 Å². The Bertz CT molecular complexity index is 1300. The minimum atomic E-state index is -0.616. The Morgan fingerprint density at radius 3 is 2.24 bits per heavy atom. The van der Waals surface area contributed by atoms with Crippen molar-refractivity contribution >= 4 is 45.7 Å². The molecule has 2 N–H and O–H groups in total. The molecule has 8 nitrogen and oxygen atoms in total. The average Bonchev–Trinajstić information content (AvgIpc) is 3.20. The molecule has 1 aliphatic heterocycles. The summed E-state index contributed by atoms with van der Waals surface area (Å²) in [5.41, 5.74) is 4.35. The van der Waals surface area contributed by atoms with Gasteiger partial charge >= 0.3 is 0 Å². The van der Waals surface area contributed by atoms with E-state index in [-0.39, 0.29) is 15.6 Å². The standard InChI is InChI=1S/C25H19N5O3S/c1-33-20-14-12-18(13-15-20)28-29-23-24(32)30(19-10-6-3-7-11-19)25(34-23)21(16-26)22(31)27-17-8-4-2-5-9-17/h2-15,28H,1H3,(H,27,31)/b25-21-,29-23-. The van der Waals surface area contributed by atoms with Crippen LogP contribution in [-0.2, 0) is 9.59 Å². The van der Waals surface area contributed by atoms with Crippen LogP contribution in [0.25, 0.3) is 0 Å². The number of rotatable bonds is 6. The predicted molar refractivity (Wildman–Crippen MR) is 133 cm³/mol. The predicted octanol–water partition coefficient (Wildman–Crippen LogP) is 4.57. The zero-order chi connectivity index (χ0) is 23.9. The summed E-state index contributed by atoms with van der Waals surface area (Å²) in [7, 11) is 1.57. The zero-order valence-corrected chi connectivity index (χ0v) is 18.9. The number of benzene rings is 3. The molecule has 3 aromatic rings. The van der Waals surface area contributed by atoms with Crippen LogP contribution in [0.5, 0.6) is 5.75 Å². The fourth-order valence-electron chi connectivity index (χ4n) is 3.11. The molecule has 1 saturated heterocycles. The van der Waals surface area contributed by atoms with Gasteiger partial charge in [0.1, 0.15) is 22.4 Å². The average molecular weight is 470 g/mol. The molecule has 1 aliphatic rings. The molecule has 0 spiro atoms. The van der Waals surface area contributed by atoms with Crippen LogP contribution < -0.4 is 20.4 Å². The van der Waals surface area contributed by atoms with Gasteiger partial charge in [0.2, 0.25) is 0 Å². The summed E-state index contributed by atoms with van der Waals surface area (Å²) < 4.78 is 5.14. The molecule has 2 amide bonds. The van der Waals surface area contributed by atoms with Crippen LogP contribution in [0, 0.1) is 11.3 Å². The van der Waals surface area contributed by atoms with Gasteiger partial charge in [-0.05, 0) is 60.3 Å². The molecule has 3 aromatic carbocycles. The number of carbonyl (C=O) groups is 2. The van der Waals surface area contributed by atoms with E-state index in [9.17, 15) is 14.9 Å². The number of para-hydroxylation sites is 2. The van der Waals surface area contributed by atoms with E-state index in [4.69, 9.17) is 4.74 Å². The number of amides is 2. The first-order valence-corrected chi connectivity index (χ1v) is 11.0. The molecule has 168 valence electrons. The Labute approximate surface area is 200 Å². The number of ether oxygens (including phenoxy) is 1. The van der Waals surface area contributed by atoms with Crippen molar-refractivity contribution in [2.75, 3.05) is 22.8 Å². The van der Waals surface area contributed by atoms with E-state index < -0.39 is 11.8 Å². The molecule has 0 bridgehead atoms. The Morgan fingerprint density at radius 2 is 1.62 bits per heavy atom. The van der Waals surface area contributed by atoms with Crippen LogP contribution in [0.15, 0.2) is 101 Å². The number of thioether (sulfide) groups is 1. The Balaban J connectivity index is 1.69. The highest BCUT2D eigenvalue weighted by molar-refractivity contribution is 8.20. The molecule has 0 atom stereocenters. The quantitative estimate of drug-likeness (QED) is 0.311. The van der Waals surface area contributed by atoms with Gasteiger partial charge < -0.3 is 10.1 Å². The van der Waals surface area contributed by atoms with E-state index in [0.717, 1.165) is 11.8 Å². The van der Waals surface area contributed by atoms with Crippen molar-refractivity contribution < 1.29 is 14.3 Å². The number of nitrogens with zero attached hydrogens (tertiary/aromatic N) is 3. The van der Waals surface area contributed by atoms with Crippen molar-refractivity contribution in [2.24, 2.45) is 5.10 Å². The Kier molecular flexibility index (Phi) is 6.91. The second kappa shape index (κ2) is 10.4. The van der Waals surface area contributed by atoms with Gasteiger partial charge in [-0.3, -0.25) is 19.9 Å². The zero-order valence-electron chi connectivity index (χ0n) is 18.1. The molecule has 0 radical (unpaired) electrons. The van der Waals surface area contributed by atoms with Gasteiger partial charge in [0.15, 0.2) is 5.04 Å². The maximum atomic E-state index is 13.3. The van der Waals surface area contributed by atoms with Crippen LogP contribution in [0.3, 0.4) is 0 Å². The summed E-state index contributed by atoms with van der Waals surface area (Å²) in [6.07, 6.45) is 0. The number of nitrogens with one attached hydrogen (secondary N) is 2. The summed E-state index contributed by atoms with van der Waals surface area (Å²) in [5, 5.41) is 17.1. The SMILES string of the molecule is COc1ccc(N/N=C2\S/C(=C(/C#N)C(=O)Nc3ccccc3)N(c3ccccc3)C2=O)cc1. The number of hydrogen-bond acceptors (Lipinski definition) is 7. The highest BCUT2D eigenvalue weighted by Gasteiger charge is 2.38. The third-order valence-corrected chi connectivity index (χ3v) is 5.80. The number of carbonyl (C=O) groups excluding carboxylic acids is 2. The first kappa shape index (κ1) is 22.6. The topological polar surface area (TPSA) is 107 Å². The van der Waals surface area contributed by atoms with E-state index in [1.165, 1.54) is 4.90 Å². The number of hydrazone groups is 1. The summed E-state index contributed by atoms with van der Waals surface area (Å²) in [6, 6.07) is 26.6. The lowest BCUT2D eigenvalue weighted by Crippen LogP contribution is -2.28. The van der Waals surface area contributed by atoms with Crippen LogP contribution >= 0.6 is 11.8 Å². The van der Waals surface area contributed by atoms with Crippen LogP contribution in [-0.4, -0.2) is 24.0 Å². The first-order chi connectivity index (χ1) is 16.6. The lowest BCUT2D eigenvalue weighted by atomic mass is 10.2. The summed E-state index contributed by atoms with van der Waals surface area (Å²) in [5.74, 6) is -0.380. The normalized spacial score (nSPS) is 15.6. The molecule has 0 aromatic heterocycles. The van der Waals surface area contributed by atoms with Crippen molar-refractivity contribution in [1.82, 2.24) is 0 Å². The molecule has 34 heavy (non-hydrogen) atoms. The second-order valence-electron chi connectivity index (χ2n) is 6.95. The molecule has 1 heterocycles. The summed E-state index contributed by atoms with van der Waals surface area (Å²) in [6.45, 7) is 0. The van der Waals surface area contributed by atoms with Gasteiger partial charge in [-0.2, -0.15) is 10.4 Å². The van der Waals surface area contributed by atoms with Crippen molar-refractivity contribution in [2.45, 2.75) is 0 Å². The van der Waals surface area contributed by atoms with E-state index in [1.54, 1.807) is 79.9 Å². The third-order valence-electron chi connectivity index (χ3n) is 4.76. The lowest BCUT2D eigenvalue weighted by molar-refractivity contribution is -0.112. The van der Waals surface area contributed by atoms with Crippen molar-refractivity contribution in [3.63, 3.8) is 0 Å². The van der Waals surface area contributed by atoms with Crippen LogP contribution in [0.4, 0.5) is 17.1 Å². The van der Waals surface area contributed by atoms with E-state index >= 15 is 0 Å². The highest BCUT2D eigenvalue weighted by atomic mass is 32.2. The van der Waals surface area contributed by atoms with Gasteiger partial charge in [0.05, 0.1) is 12.8 Å². The largest absolute Gasteiger partial charge is 0.497 e. The maximum Gasteiger partial charge on any atom is 0.290 e. The van der Waals surface area contributed by atoms with Crippen molar-refractivity contribution in [3.8, 4) is 11.8 Å². The molecular weight excluding hydrogens is 450 g/mol. The maximum absolute atomic E-state index is 13.3. The number of hydrogen-bond donors (Lipinski definition) is 2. The van der Waals surface area contributed by atoms with E-state index in [0.29, 0.717) is 22.8 Å². The fourth-order valence-corrected chi connectivity index (χ4v) is 4.08. The van der Waals surface area contributed by atoms with Gasteiger partial charge in [-0.25, -0.2) is 0 Å². The third kappa shape index (κ3) is 4.92. The number of methoxy groups -OCH3 is 1.